The predicted molar refractivity (Wildman–Crippen MR) is 242 cm³/mol. The summed E-state index contributed by atoms with van der Waals surface area (Å²) in [6, 6.07) is 59.3. The van der Waals surface area contributed by atoms with Gasteiger partial charge in [-0.05, 0) is 65.0 Å². The Morgan fingerprint density at radius 1 is 0.576 bits per heavy atom. The van der Waals surface area contributed by atoms with E-state index in [0.29, 0.717) is 5.92 Å². The minimum absolute atomic E-state index is 0. The van der Waals surface area contributed by atoms with Gasteiger partial charge in [-0.1, -0.05) is 152 Å². The van der Waals surface area contributed by atoms with Crippen molar-refractivity contribution in [3.8, 4) is 28.2 Å². The molecular weight excluding hydrogens is 899 g/mol. The molecule has 0 unspecified atom stereocenters. The van der Waals surface area contributed by atoms with Gasteiger partial charge in [0.05, 0.1) is 22.0 Å². The Hall–Kier alpha value is -6.39. The van der Waals surface area contributed by atoms with Crippen molar-refractivity contribution in [2.45, 2.75) is 39.5 Å². The molecule has 0 aliphatic carbocycles. The van der Waals surface area contributed by atoms with Crippen LogP contribution in [0.15, 0.2) is 168 Å². The first-order valence-electron chi connectivity index (χ1n) is 20.3. The van der Waals surface area contributed by atoms with E-state index in [1.54, 1.807) is 6.20 Å². The van der Waals surface area contributed by atoms with E-state index in [0.717, 1.165) is 66.6 Å². The van der Waals surface area contributed by atoms with Gasteiger partial charge in [0.15, 0.2) is 0 Å². The maximum Gasteiger partial charge on any atom is 0.130 e. The van der Waals surface area contributed by atoms with Crippen LogP contribution in [-0.4, -0.2) is 14.5 Å². The topological polar surface area (TPSA) is 43.9 Å². The van der Waals surface area contributed by atoms with Gasteiger partial charge in [0.1, 0.15) is 5.58 Å². The molecule has 11 aromatic rings. The molecule has 0 N–H and O–H groups in total. The summed E-state index contributed by atoms with van der Waals surface area (Å²) in [5.74, 6) is -0.208. The third-order valence-electron chi connectivity index (χ3n) is 11.2. The van der Waals surface area contributed by atoms with Crippen molar-refractivity contribution < 1.29 is 25.9 Å². The number of furan rings is 1. The number of rotatable bonds is 5. The largest absolute Gasteiger partial charge is 0.500 e. The van der Waals surface area contributed by atoms with E-state index in [1.165, 1.54) is 38.0 Å². The Balaban J connectivity index is 0.000000163. The van der Waals surface area contributed by atoms with Crippen molar-refractivity contribution in [2.24, 2.45) is 0 Å². The van der Waals surface area contributed by atoms with Crippen molar-refractivity contribution in [3.05, 3.63) is 187 Å². The Morgan fingerprint density at radius 2 is 1.27 bits per heavy atom. The predicted octanol–water partition coefficient (Wildman–Crippen LogP) is 14.6. The minimum Gasteiger partial charge on any atom is -0.500 e. The molecule has 0 amide bonds. The van der Waals surface area contributed by atoms with Gasteiger partial charge >= 0.3 is 0 Å². The molecule has 7 aromatic carbocycles. The number of fused-ring (bicyclic) bond motifs is 10. The summed E-state index contributed by atoms with van der Waals surface area (Å²) < 4.78 is 17.3. The second-order valence-corrected chi connectivity index (χ2v) is 15.4. The van der Waals surface area contributed by atoms with Crippen LogP contribution in [0.4, 0.5) is 0 Å². The van der Waals surface area contributed by atoms with Crippen molar-refractivity contribution in [1.29, 1.82) is 0 Å². The summed E-state index contributed by atoms with van der Waals surface area (Å²) in [7, 11) is 0. The second-order valence-electron chi connectivity index (χ2n) is 15.4. The van der Waals surface area contributed by atoms with Gasteiger partial charge in [-0.25, -0.2) is 0 Å². The van der Waals surface area contributed by atoms with Crippen LogP contribution in [0.1, 0.15) is 52.0 Å². The molecule has 1 radical (unpaired) electrons. The number of aromatic nitrogens is 3. The first-order valence-corrected chi connectivity index (χ1v) is 19.8. The van der Waals surface area contributed by atoms with E-state index in [1.807, 2.05) is 44.3 Å². The van der Waals surface area contributed by atoms with E-state index in [2.05, 4.69) is 168 Å². The second kappa shape index (κ2) is 15.8. The Morgan fingerprint density at radius 3 is 2.08 bits per heavy atom. The molecule has 0 aliphatic heterocycles. The molecule has 0 atom stereocenters. The van der Waals surface area contributed by atoms with Gasteiger partial charge in [0.25, 0.3) is 0 Å². The number of hydrogen-bond donors (Lipinski definition) is 0. The number of hydrogen-bond acceptors (Lipinski definition) is 3. The smallest absolute Gasteiger partial charge is 0.130 e. The van der Waals surface area contributed by atoms with E-state index in [4.69, 9.17) is 5.79 Å². The SMILES string of the molecule is CC(C)c1ccnc(-c2[c-]ccc3c2oc2c3ccc3c2c2ccccc2n3-c2ccccc2)c1.[2H]C(C)(C)c1ccnc(-c2[c-]cc3c(ccc4ccccc43)c2)c1.[Ir]. The van der Waals surface area contributed by atoms with Crippen LogP contribution in [0.2, 0.25) is 0 Å². The third kappa shape index (κ3) is 6.81. The van der Waals surface area contributed by atoms with Crippen LogP contribution in [-0.2, 0) is 20.1 Å². The molecule has 0 saturated heterocycles. The normalized spacial score (nSPS) is 12.0. The van der Waals surface area contributed by atoms with Crippen LogP contribution in [0, 0.1) is 12.1 Å². The van der Waals surface area contributed by atoms with Crippen LogP contribution in [0.3, 0.4) is 0 Å². The van der Waals surface area contributed by atoms with Crippen LogP contribution < -0.4 is 0 Å². The first-order chi connectivity index (χ1) is 28.7. The molecule has 0 saturated carbocycles. The van der Waals surface area contributed by atoms with Gasteiger partial charge in [-0.3, -0.25) is 0 Å². The van der Waals surface area contributed by atoms with E-state index < -0.39 is 5.89 Å². The molecule has 4 aromatic heterocycles. The summed E-state index contributed by atoms with van der Waals surface area (Å²) in [4.78, 5) is 9.15. The number of para-hydroxylation sites is 2. The van der Waals surface area contributed by atoms with E-state index in [-0.39, 0.29) is 20.1 Å². The van der Waals surface area contributed by atoms with Gasteiger partial charge in [-0.15, -0.1) is 47.3 Å². The summed E-state index contributed by atoms with van der Waals surface area (Å²) in [6.45, 7) is 8.18. The van der Waals surface area contributed by atoms with E-state index in [9.17, 15) is 0 Å². The summed E-state index contributed by atoms with van der Waals surface area (Å²) in [5, 5.41) is 9.37. The zero-order valence-corrected chi connectivity index (χ0v) is 35.6. The molecule has 0 fully saturated rings. The fourth-order valence-electron chi connectivity index (χ4n) is 8.22. The average Bonchev–Trinajstić information content (AvgIpc) is 3.82. The zero-order chi connectivity index (χ0) is 40.3. The Kier molecular flexibility index (Phi) is 9.86. The van der Waals surface area contributed by atoms with Crippen LogP contribution >= 0.6 is 0 Å². The van der Waals surface area contributed by atoms with E-state index >= 15 is 0 Å². The molecule has 0 spiro atoms. The van der Waals surface area contributed by atoms with Gasteiger partial charge in [0.2, 0.25) is 0 Å². The minimum atomic E-state index is -0.634. The Labute approximate surface area is 358 Å². The Bertz CT molecular complexity index is 3360. The molecule has 0 aliphatic rings. The summed E-state index contributed by atoms with van der Waals surface area (Å²) in [6.07, 6.45) is 3.66. The monoisotopic (exact) mass is 941 g/mol. The summed E-state index contributed by atoms with van der Waals surface area (Å²) >= 11 is 0. The molecule has 4 heterocycles. The first kappa shape index (κ1) is 36.9. The van der Waals surface area contributed by atoms with Gasteiger partial charge in [0, 0.05) is 50.3 Å². The van der Waals surface area contributed by atoms with Crippen molar-refractivity contribution in [1.82, 2.24) is 14.5 Å². The molecule has 11 rings (SSSR count). The zero-order valence-electron chi connectivity index (χ0n) is 34.2. The van der Waals surface area contributed by atoms with Gasteiger partial charge < -0.3 is 19.0 Å². The standard InChI is InChI=1S/C32H23N2O.C22H18N.Ir/c1-20(2)21-17-18-33-27(19-21)25-13-8-12-23-24-15-16-29-30(32(24)35-31(23)25)26-11-6-7-14-28(26)34(29)22-9-4-3-5-10-22;1-15(2)17-11-12-23-22(14-17)19-9-10-21-18(13-19)8-7-16-5-3-4-6-20(16)21;/h3-12,14-20H,1-2H3;3-8,10-15H,1-2H3;/q2*-1;/i;15D;. The molecule has 59 heavy (non-hydrogen) atoms. The quantitative estimate of drug-likeness (QED) is 0.128. The van der Waals surface area contributed by atoms with Crippen LogP contribution in [0.25, 0.3) is 93.5 Å². The van der Waals surface area contributed by atoms with Crippen molar-refractivity contribution in [3.63, 3.8) is 0 Å². The number of benzene rings is 7. The number of pyridine rings is 2. The molecule has 5 heteroatoms. The third-order valence-corrected chi connectivity index (χ3v) is 11.2. The summed E-state index contributed by atoms with van der Waals surface area (Å²) in [5.41, 5.74) is 11.0. The maximum atomic E-state index is 8.22. The van der Waals surface area contributed by atoms with Crippen molar-refractivity contribution in [2.75, 3.05) is 0 Å². The fraction of sp³-hybridized carbons (Fsp3) is 0.111. The molecule has 4 nitrogen and oxygen atoms in total. The molecule has 289 valence electrons. The van der Waals surface area contributed by atoms with Gasteiger partial charge in [-0.2, -0.15) is 0 Å². The maximum absolute atomic E-state index is 8.22. The molecular formula is C54H41IrN3O-2. The molecule has 0 bridgehead atoms. The number of nitrogens with zero attached hydrogens (tertiary/aromatic N) is 3. The van der Waals surface area contributed by atoms with Crippen molar-refractivity contribution >= 4 is 65.3 Å². The average molecular weight is 941 g/mol. The fourth-order valence-corrected chi connectivity index (χ4v) is 8.22. The van der Waals surface area contributed by atoms with Crippen LogP contribution in [0.5, 0.6) is 0 Å².